The van der Waals surface area contributed by atoms with Crippen LogP contribution in [-0.2, 0) is 0 Å². The van der Waals surface area contributed by atoms with Crippen molar-refractivity contribution in [2.24, 2.45) is 0 Å². The van der Waals surface area contributed by atoms with Crippen molar-refractivity contribution >= 4 is 51.1 Å². The zero-order chi connectivity index (χ0) is 8.43. The molecule has 3 heteroatoms. The maximum absolute atomic E-state index is 4.31. The first-order valence-electron chi connectivity index (χ1n) is 3.23. The molecule has 0 unspecified atom stereocenters. The van der Waals surface area contributed by atoms with Crippen LogP contribution in [0.3, 0.4) is 0 Å². The molecule has 0 aliphatic heterocycles. The van der Waals surface area contributed by atoms with Gasteiger partial charge in [0, 0.05) is 13.3 Å². The maximum Gasteiger partial charge on any atom is 0.0331 e. The lowest BCUT2D eigenvalue weighted by molar-refractivity contribution is 1.13. The summed E-state index contributed by atoms with van der Waals surface area (Å²) in [5.41, 5.74) is 1.32. The molecule has 0 saturated carbocycles. The normalized spacial score (nSPS) is 13.1. The Labute approximate surface area is 94.4 Å². The largest absolute Gasteiger partial charge is 0.142 e. The molecular weight excluding hydrogens is 335 g/mol. The van der Waals surface area contributed by atoms with E-state index in [9.17, 15) is 0 Å². The lowest BCUT2D eigenvalue weighted by atomic mass is 10.2. The van der Waals surface area contributed by atoms with E-state index in [-0.39, 0.29) is 0 Å². The lowest BCUT2D eigenvalue weighted by Crippen LogP contribution is -1.83. The molecule has 1 rings (SSSR count). The fourth-order valence-electron chi connectivity index (χ4n) is 0.777. The van der Waals surface area contributed by atoms with Crippen LogP contribution in [0.25, 0.3) is 0 Å². The van der Waals surface area contributed by atoms with E-state index in [4.69, 9.17) is 0 Å². The highest BCUT2D eigenvalue weighted by Crippen LogP contribution is 2.28. The Bertz CT molecular complexity index is 260. The van der Waals surface area contributed by atoms with Gasteiger partial charge in [-0.2, -0.15) is 0 Å². The van der Waals surface area contributed by atoms with Crippen LogP contribution in [-0.4, -0.2) is 0 Å². The van der Waals surface area contributed by atoms with E-state index in [1.807, 2.05) is 6.07 Å². The Morgan fingerprint density at radius 1 is 1.55 bits per heavy atom. The van der Waals surface area contributed by atoms with Crippen LogP contribution in [0.2, 0.25) is 0 Å². The third-order valence-corrected chi connectivity index (χ3v) is 3.52. The summed E-state index contributed by atoms with van der Waals surface area (Å²) in [5, 5.41) is 0. The van der Waals surface area contributed by atoms with Gasteiger partial charge in [0.25, 0.3) is 0 Å². The first kappa shape index (κ1) is 9.86. The summed E-state index contributed by atoms with van der Waals surface area (Å²) < 4.78 is 1.60. The van der Waals surface area contributed by atoms with Crippen LogP contribution in [0.15, 0.2) is 27.6 Å². The van der Waals surface area contributed by atoms with Crippen molar-refractivity contribution in [3.8, 4) is 0 Å². The quantitative estimate of drug-likeness (QED) is 0.440. The molecule has 0 bridgehead atoms. The van der Waals surface area contributed by atoms with E-state index in [1.54, 1.807) is 0 Å². The van der Waals surface area contributed by atoms with E-state index in [1.165, 1.54) is 5.56 Å². The molecule has 0 amide bonds. The molecule has 60 valence electrons. The van der Waals surface area contributed by atoms with Crippen molar-refractivity contribution in [2.45, 2.75) is 15.7 Å². The van der Waals surface area contributed by atoms with Gasteiger partial charge in [0.2, 0.25) is 0 Å². The minimum atomic E-state index is 0.548. The molecule has 1 aromatic rings. The molecule has 11 heavy (non-hydrogen) atoms. The first-order chi connectivity index (χ1) is 5.11. The van der Waals surface area contributed by atoms with Gasteiger partial charge in [-0.15, -0.1) is 12.6 Å². The van der Waals surface area contributed by atoms with Crippen LogP contribution < -0.4 is 0 Å². The van der Waals surface area contributed by atoms with Gasteiger partial charge < -0.3 is 0 Å². The highest BCUT2D eigenvalue weighted by molar-refractivity contribution is 14.1. The summed E-state index contributed by atoms with van der Waals surface area (Å²) >= 11 is 10.1. The molecule has 0 fully saturated rings. The number of thiol groups is 1. The van der Waals surface area contributed by atoms with E-state index in [0.29, 0.717) is 3.92 Å². The maximum atomic E-state index is 4.31. The van der Waals surface area contributed by atoms with Crippen molar-refractivity contribution in [3.63, 3.8) is 0 Å². The molecule has 0 aliphatic rings. The second-order valence-corrected chi connectivity index (χ2v) is 5.53. The van der Waals surface area contributed by atoms with E-state index >= 15 is 0 Å². The van der Waals surface area contributed by atoms with E-state index < -0.39 is 0 Å². The first-order valence-corrected chi connectivity index (χ1v) is 5.72. The molecule has 0 aromatic heterocycles. The van der Waals surface area contributed by atoms with E-state index in [2.05, 4.69) is 70.2 Å². The second-order valence-electron chi connectivity index (χ2n) is 2.33. The van der Waals surface area contributed by atoms with E-state index in [0.717, 1.165) is 9.37 Å². The summed E-state index contributed by atoms with van der Waals surface area (Å²) in [7, 11) is 0. The summed E-state index contributed by atoms with van der Waals surface area (Å²) in [6, 6.07) is 6.23. The van der Waals surface area contributed by atoms with Crippen LogP contribution in [0.5, 0.6) is 0 Å². The highest BCUT2D eigenvalue weighted by atomic mass is 127. The zero-order valence-corrected chi connectivity index (χ0v) is 10.7. The Kier molecular flexibility index (Phi) is 3.71. The minimum absolute atomic E-state index is 0.548. The smallest absolute Gasteiger partial charge is 0.0331 e. The SMILES string of the molecule is C[C@@H](I)c1ccc(Br)c(S)c1. The summed E-state index contributed by atoms with van der Waals surface area (Å²) in [4.78, 5) is 1.01. The summed E-state index contributed by atoms with van der Waals surface area (Å²) in [6.07, 6.45) is 0. The van der Waals surface area contributed by atoms with Gasteiger partial charge >= 0.3 is 0 Å². The average Bonchev–Trinajstić information content (AvgIpc) is 1.94. The van der Waals surface area contributed by atoms with Crippen molar-refractivity contribution in [1.29, 1.82) is 0 Å². The molecule has 0 radical (unpaired) electrons. The van der Waals surface area contributed by atoms with Gasteiger partial charge in [0.05, 0.1) is 0 Å². The second kappa shape index (κ2) is 4.14. The van der Waals surface area contributed by atoms with Crippen LogP contribution in [0.4, 0.5) is 0 Å². The lowest BCUT2D eigenvalue weighted by Gasteiger charge is -2.04. The molecule has 1 atom stereocenters. The number of hydrogen-bond acceptors (Lipinski definition) is 1. The van der Waals surface area contributed by atoms with Gasteiger partial charge in [-0.1, -0.05) is 28.7 Å². The monoisotopic (exact) mass is 342 g/mol. The van der Waals surface area contributed by atoms with Gasteiger partial charge in [-0.05, 0) is 40.5 Å². The van der Waals surface area contributed by atoms with Gasteiger partial charge in [-0.25, -0.2) is 0 Å². The molecule has 0 heterocycles. The zero-order valence-electron chi connectivity index (χ0n) is 6.01. The molecule has 0 N–H and O–H groups in total. The minimum Gasteiger partial charge on any atom is -0.142 e. The Morgan fingerprint density at radius 2 is 2.18 bits per heavy atom. The standard InChI is InChI=1S/C8H8BrIS/c1-5(10)6-2-3-7(9)8(11)4-6/h2-5,11H,1H3/t5-/m1/s1. The van der Waals surface area contributed by atoms with Crippen molar-refractivity contribution in [3.05, 3.63) is 28.2 Å². The fourth-order valence-corrected chi connectivity index (χ4v) is 1.63. The summed E-state index contributed by atoms with van der Waals surface area (Å²) in [5.74, 6) is 0. The number of benzene rings is 1. The van der Waals surface area contributed by atoms with Crippen molar-refractivity contribution in [2.75, 3.05) is 0 Å². The summed E-state index contributed by atoms with van der Waals surface area (Å²) in [6.45, 7) is 2.16. The molecule has 0 saturated heterocycles. The molecule has 0 aliphatic carbocycles. The number of rotatable bonds is 1. The number of hydrogen-bond donors (Lipinski definition) is 1. The topological polar surface area (TPSA) is 0 Å². The Balaban J connectivity index is 3.05. The average molecular weight is 343 g/mol. The fraction of sp³-hybridized carbons (Fsp3) is 0.250. The third kappa shape index (κ3) is 2.63. The number of alkyl halides is 1. The van der Waals surface area contributed by atoms with Crippen LogP contribution >= 0.6 is 51.1 Å². The molecule has 0 nitrogen and oxygen atoms in total. The Morgan fingerprint density at radius 3 is 2.64 bits per heavy atom. The predicted octanol–water partition coefficient (Wildman–Crippen LogP) is 4.23. The molecule has 0 spiro atoms. The van der Waals surface area contributed by atoms with Gasteiger partial charge in [0.1, 0.15) is 0 Å². The van der Waals surface area contributed by atoms with Crippen molar-refractivity contribution in [1.82, 2.24) is 0 Å². The van der Waals surface area contributed by atoms with Crippen molar-refractivity contribution < 1.29 is 0 Å². The van der Waals surface area contributed by atoms with Crippen LogP contribution in [0, 0.1) is 0 Å². The molecular formula is C8H8BrIS. The third-order valence-electron chi connectivity index (χ3n) is 1.43. The van der Waals surface area contributed by atoms with Gasteiger partial charge in [0.15, 0.2) is 0 Å². The number of halogens is 2. The highest BCUT2D eigenvalue weighted by Gasteiger charge is 2.01. The Hall–Kier alpha value is 0.780. The van der Waals surface area contributed by atoms with Gasteiger partial charge in [-0.3, -0.25) is 0 Å². The van der Waals surface area contributed by atoms with Crippen LogP contribution in [0.1, 0.15) is 16.4 Å². The molecule has 1 aromatic carbocycles. The predicted molar refractivity (Wildman–Crippen MR) is 63.8 cm³/mol.